The molecular weight excluding hydrogens is 409 g/mol. The number of benzene rings is 2. The molecule has 6 rings (SSSR count). The van der Waals surface area contributed by atoms with Crippen LogP contribution in [0.25, 0.3) is 31.7 Å². The molecular formula is C24H24S2Si2. The molecule has 0 N–H and O–H groups in total. The number of hydrogen-bond acceptors (Lipinski definition) is 2. The van der Waals surface area contributed by atoms with Gasteiger partial charge in [0.05, 0.1) is 0 Å². The van der Waals surface area contributed by atoms with Crippen LogP contribution >= 0.6 is 22.7 Å². The SMILES string of the molecule is Cc1cc2c(s1)-c1ccc3c4c(ccc3c1[Si]2(C)C)-c1sc(C)cc1[Si]4(C)C. The fourth-order valence-electron chi connectivity index (χ4n) is 5.76. The third-order valence-corrected chi connectivity index (χ3v) is 16.6. The van der Waals surface area contributed by atoms with Crippen LogP contribution in [0.1, 0.15) is 9.75 Å². The van der Waals surface area contributed by atoms with Crippen molar-refractivity contribution < 1.29 is 0 Å². The van der Waals surface area contributed by atoms with Crippen LogP contribution < -0.4 is 20.7 Å². The van der Waals surface area contributed by atoms with Gasteiger partial charge in [0, 0.05) is 19.5 Å². The van der Waals surface area contributed by atoms with Crippen LogP contribution in [0.15, 0.2) is 36.4 Å². The van der Waals surface area contributed by atoms with Gasteiger partial charge in [-0.25, -0.2) is 0 Å². The second-order valence-corrected chi connectivity index (χ2v) is 20.6. The van der Waals surface area contributed by atoms with E-state index in [9.17, 15) is 0 Å². The molecule has 0 amide bonds. The van der Waals surface area contributed by atoms with E-state index in [0.29, 0.717) is 0 Å². The summed E-state index contributed by atoms with van der Waals surface area (Å²) in [6, 6.07) is 14.8. The first kappa shape index (κ1) is 17.4. The second-order valence-electron chi connectivity index (χ2n) is 9.52. The standard InChI is InChI=1S/C24H24S2Si2/c1-13-11-19-21(25-13)17-9-7-16-15(23(17)27(19,3)4)8-10-18-22-20(12-14(2)26-22)28(5,6)24(16)18/h7-12H,1-6H3. The van der Waals surface area contributed by atoms with Gasteiger partial charge in [-0.2, -0.15) is 0 Å². The molecule has 0 radical (unpaired) electrons. The minimum absolute atomic E-state index is 1.46. The summed E-state index contributed by atoms with van der Waals surface area (Å²) in [4.78, 5) is 6.02. The largest absolute Gasteiger partial charge is 0.141 e. The molecule has 0 saturated heterocycles. The van der Waals surface area contributed by atoms with E-state index in [2.05, 4.69) is 76.4 Å². The molecule has 0 saturated carbocycles. The summed E-state index contributed by atoms with van der Waals surface area (Å²) in [7, 11) is -3.30. The molecule has 0 nitrogen and oxygen atoms in total. The summed E-state index contributed by atoms with van der Waals surface area (Å²) >= 11 is 3.99. The van der Waals surface area contributed by atoms with E-state index in [4.69, 9.17) is 0 Å². The Hall–Kier alpha value is -1.47. The van der Waals surface area contributed by atoms with Crippen molar-refractivity contribution in [2.45, 2.75) is 40.0 Å². The Labute approximate surface area is 176 Å². The highest BCUT2D eigenvalue weighted by atomic mass is 32.1. The molecule has 0 atom stereocenters. The molecule has 4 heterocycles. The van der Waals surface area contributed by atoms with E-state index in [1.54, 1.807) is 41.3 Å². The molecule has 2 aliphatic heterocycles. The summed E-state index contributed by atoms with van der Waals surface area (Å²) < 4.78 is 0. The molecule has 4 heteroatoms. The molecule has 0 bridgehead atoms. The number of fused-ring (bicyclic) bond motifs is 9. The Morgan fingerprint density at radius 3 is 1.39 bits per heavy atom. The van der Waals surface area contributed by atoms with Crippen LogP contribution in [0.2, 0.25) is 26.2 Å². The highest BCUT2D eigenvalue weighted by Gasteiger charge is 2.43. The lowest BCUT2D eigenvalue weighted by Gasteiger charge is -2.24. The Balaban J connectivity index is 1.72. The van der Waals surface area contributed by atoms with Gasteiger partial charge in [0.1, 0.15) is 16.1 Å². The van der Waals surface area contributed by atoms with Gasteiger partial charge < -0.3 is 0 Å². The number of aryl methyl sites for hydroxylation is 2. The van der Waals surface area contributed by atoms with Gasteiger partial charge in [-0.3, -0.25) is 0 Å². The maximum Gasteiger partial charge on any atom is 0.115 e. The van der Waals surface area contributed by atoms with E-state index in [-0.39, 0.29) is 0 Å². The van der Waals surface area contributed by atoms with E-state index < -0.39 is 16.1 Å². The molecule has 28 heavy (non-hydrogen) atoms. The van der Waals surface area contributed by atoms with Crippen molar-refractivity contribution in [2.75, 3.05) is 0 Å². The minimum atomic E-state index is -1.65. The third-order valence-electron chi connectivity index (χ3n) is 7.00. The fraction of sp³-hybridized carbons (Fsp3) is 0.250. The van der Waals surface area contributed by atoms with E-state index in [1.807, 2.05) is 22.7 Å². The smallest absolute Gasteiger partial charge is 0.115 e. The zero-order valence-electron chi connectivity index (χ0n) is 17.3. The van der Waals surface area contributed by atoms with Gasteiger partial charge in [-0.05, 0) is 68.6 Å². The maximum atomic E-state index is 2.55. The van der Waals surface area contributed by atoms with Gasteiger partial charge >= 0.3 is 0 Å². The Morgan fingerprint density at radius 1 is 0.607 bits per heavy atom. The monoisotopic (exact) mass is 432 g/mol. The van der Waals surface area contributed by atoms with E-state index >= 15 is 0 Å². The molecule has 2 aromatic carbocycles. The number of rotatable bonds is 0. The average Bonchev–Trinajstić information content (AvgIpc) is 3.31. The van der Waals surface area contributed by atoms with Crippen molar-refractivity contribution in [2.24, 2.45) is 0 Å². The first-order chi connectivity index (χ1) is 13.2. The Bertz CT molecular complexity index is 1230. The molecule has 4 aromatic rings. The number of thiophene rings is 2. The summed E-state index contributed by atoms with van der Waals surface area (Å²) in [6.07, 6.45) is 0. The van der Waals surface area contributed by atoms with Crippen molar-refractivity contribution in [3.05, 3.63) is 46.2 Å². The van der Waals surface area contributed by atoms with Crippen LogP contribution in [0, 0.1) is 13.8 Å². The molecule has 0 unspecified atom stereocenters. The zero-order chi connectivity index (χ0) is 19.6. The quantitative estimate of drug-likeness (QED) is 0.336. The van der Waals surface area contributed by atoms with E-state index in [0.717, 1.165) is 0 Å². The molecule has 0 fully saturated rings. The van der Waals surface area contributed by atoms with Crippen LogP contribution in [0.4, 0.5) is 0 Å². The minimum Gasteiger partial charge on any atom is -0.141 e. The average molecular weight is 433 g/mol. The van der Waals surface area contributed by atoms with Crippen molar-refractivity contribution in [3.8, 4) is 20.9 Å². The summed E-state index contributed by atoms with van der Waals surface area (Å²) in [5.74, 6) is 0. The van der Waals surface area contributed by atoms with Crippen LogP contribution in [-0.4, -0.2) is 16.1 Å². The maximum absolute atomic E-state index is 2.55. The van der Waals surface area contributed by atoms with E-state index in [1.165, 1.54) is 20.9 Å². The first-order valence-electron chi connectivity index (χ1n) is 10.0. The van der Waals surface area contributed by atoms with Gasteiger partial charge in [-0.15, -0.1) is 22.7 Å². The van der Waals surface area contributed by atoms with Gasteiger partial charge in [-0.1, -0.05) is 50.5 Å². The topological polar surface area (TPSA) is 0 Å². The Kier molecular flexibility index (Phi) is 3.21. The van der Waals surface area contributed by atoms with Crippen LogP contribution in [-0.2, 0) is 0 Å². The molecule has 2 aromatic heterocycles. The molecule has 2 aliphatic rings. The summed E-state index contributed by atoms with van der Waals surface area (Å²) in [5, 5.41) is 9.77. The summed E-state index contributed by atoms with van der Waals surface area (Å²) in [5.41, 5.74) is 3.06. The predicted molar refractivity (Wildman–Crippen MR) is 134 cm³/mol. The van der Waals surface area contributed by atoms with Crippen molar-refractivity contribution in [1.29, 1.82) is 0 Å². The molecule has 140 valence electrons. The van der Waals surface area contributed by atoms with Crippen molar-refractivity contribution in [3.63, 3.8) is 0 Å². The lowest BCUT2D eigenvalue weighted by Crippen LogP contribution is -2.51. The highest BCUT2D eigenvalue weighted by molar-refractivity contribution is 7.22. The zero-order valence-corrected chi connectivity index (χ0v) is 20.9. The normalized spacial score (nSPS) is 17.5. The predicted octanol–water partition coefficient (Wildman–Crippen LogP) is 5.19. The Morgan fingerprint density at radius 2 is 1.00 bits per heavy atom. The lowest BCUT2D eigenvalue weighted by molar-refractivity contribution is 1.65. The number of hydrogen-bond donors (Lipinski definition) is 0. The van der Waals surface area contributed by atoms with Gasteiger partial charge in [0.2, 0.25) is 0 Å². The van der Waals surface area contributed by atoms with Crippen molar-refractivity contribution >= 4 is 70.3 Å². The van der Waals surface area contributed by atoms with Gasteiger partial charge in [0.15, 0.2) is 0 Å². The third kappa shape index (κ3) is 1.90. The lowest BCUT2D eigenvalue weighted by atomic mass is 10.0. The van der Waals surface area contributed by atoms with Gasteiger partial charge in [0.25, 0.3) is 0 Å². The summed E-state index contributed by atoms with van der Waals surface area (Å²) in [6.45, 7) is 14.7. The highest BCUT2D eigenvalue weighted by Crippen LogP contribution is 2.40. The van der Waals surface area contributed by atoms with Crippen LogP contribution in [0.3, 0.4) is 0 Å². The fourth-order valence-corrected chi connectivity index (χ4v) is 16.5. The van der Waals surface area contributed by atoms with Crippen LogP contribution in [0.5, 0.6) is 0 Å². The second kappa shape index (κ2) is 5.17. The molecule has 0 aliphatic carbocycles. The first-order valence-corrected chi connectivity index (χ1v) is 17.7. The molecule has 0 spiro atoms. The van der Waals surface area contributed by atoms with Crippen molar-refractivity contribution in [1.82, 2.24) is 0 Å².